The van der Waals surface area contributed by atoms with E-state index in [2.05, 4.69) is 78.2 Å². The Kier molecular flexibility index (Phi) is 6.62. The lowest BCUT2D eigenvalue weighted by Gasteiger charge is -2.33. The molecular formula is C30H38N2. The Hall–Kier alpha value is -2.16. The molecule has 2 nitrogen and oxygen atoms in total. The number of hydrogen-bond donors (Lipinski definition) is 0. The Morgan fingerprint density at radius 2 is 1.66 bits per heavy atom. The van der Waals surface area contributed by atoms with E-state index in [9.17, 15) is 0 Å². The maximum Gasteiger partial charge on any atom is 0.0236 e. The van der Waals surface area contributed by atoms with Crippen molar-refractivity contribution in [2.45, 2.75) is 52.5 Å². The minimum Gasteiger partial charge on any atom is -0.303 e. The van der Waals surface area contributed by atoms with Gasteiger partial charge in [0.1, 0.15) is 0 Å². The zero-order valence-electron chi connectivity index (χ0n) is 19.9. The van der Waals surface area contributed by atoms with Gasteiger partial charge in [-0.05, 0) is 90.6 Å². The highest BCUT2D eigenvalue weighted by Crippen LogP contribution is 2.26. The summed E-state index contributed by atoms with van der Waals surface area (Å²) in [5, 5.41) is 2.80. The number of benzene rings is 3. The average Bonchev–Trinajstić information content (AvgIpc) is 3.03. The monoisotopic (exact) mass is 426 g/mol. The van der Waals surface area contributed by atoms with E-state index in [1.807, 2.05) is 0 Å². The lowest BCUT2D eigenvalue weighted by atomic mass is 9.93. The Morgan fingerprint density at radius 3 is 2.56 bits per heavy atom. The van der Waals surface area contributed by atoms with Gasteiger partial charge in [0.25, 0.3) is 0 Å². The van der Waals surface area contributed by atoms with Gasteiger partial charge in [0.2, 0.25) is 0 Å². The van der Waals surface area contributed by atoms with Crippen molar-refractivity contribution in [3.05, 3.63) is 82.4 Å². The third-order valence-corrected chi connectivity index (χ3v) is 7.85. The van der Waals surface area contributed by atoms with Gasteiger partial charge in [-0.25, -0.2) is 0 Å². The number of nitrogens with zero attached hydrogens (tertiary/aromatic N) is 2. The van der Waals surface area contributed by atoms with E-state index >= 15 is 0 Å². The molecule has 2 aliphatic heterocycles. The van der Waals surface area contributed by atoms with Crippen LogP contribution in [0, 0.1) is 19.8 Å². The van der Waals surface area contributed by atoms with Crippen molar-refractivity contribution in [2.24, 2.45) is 5.92 Å². The Balaban J connectivity index is 1.20. The Labute approximate surface area is 194 Å². The highest BCUT2D eigenvalue weighted by Gasteiger charge is 2.23. The van der Waals surface area contributed by atoms with Crippen molar-refractivity contribution in [2.75, 3.05) is 32.7 Å². The molecule has 0 spiro atoms. The molecular weight excluding hydrogens is 388 g/mol. The summed E-state index contributed by atoms with van der Waals surface area (Å²) in [5.41, 5.74) is 7.55. The lowest BCUT2D eigenvalue weighted by Crippen LogP contribution is -2.39. The van der Waals surface area contributed by atoms with E-state index < -0.39 is 0 Å². The third-order valence-electron chi connectivity index (χ3n) is 7.85. The molecule has 0 aliphatic carbocycles. The van der Waals surface area contributed by atoms with Crippen LogP contribution in [0.15, 0.2) is 54.6 Å². The van der Waals surface area contributed by atoms with Crippen molar-refractivity contribution in [1.29, 1.82) is 0 Å². The minimum atomic E-state index is 0.804. The van der Waals surface area contributed by atoms with Crippen molar-refractivity contribution in [3.8, 4) is 0 Å². The molecule has 168 valence electrons. The summed E-state index contributed by atoms with van der Waals surface area (Å²) in [6, 6.07) is 20.5. The second kappa shape index (κ2) is 9.77. The SMILES string of the molecule is Cc1cc2c(cc1C)CN(CC1CCCCN(CCc3cccc4ccccc34)C1)CC2. The Bertz CT molecular complexity index is 1060. The molecule has 0 amide bonds. The van der Waals surface area contributed by atoms with Gasteiger partial charge >= 0.3 is 0 Å². The molecule has 2 aliphatic rings. The predicted octanol–water partition coefficient (Wildman–Crippen LogP) is 6.16. The van der Waals surface area contributed by atoms with E-state index in [0.717, 1.165) is 18.9 Å². The highest BCUT2D eigenvalue weighted by atomic mass is 15.2. The summed E-state index contributed by atoms with van der Waals surface area (Å²) in [4.78, 5) is 5.49. The number of fused-ring (bicyclic) bond motifs is 2. The molecule has 0 N–H and O–H groups in total. The van der Waals surface area contributed by atoms with Gasteiger partial charge in [-0.15, -0.1) is 0 Å². The fourth-order valence-electron chi connectivity index (χ4n) is 5.89. The first-order valence-corrected chi connectivity index (χ1v) is 12.7. The largest absolute Gasteiger partial charge is 0.303 e. The molecule has 5 rings (SSSR count). The summed E-state index contributed by atoms with van der Waals surface area (Å²) < 4.78 is 0. The molecule has 1 unspecified atom stereocenters. The van der Waals surface area contributed by atoms with Crippen LogP contribution in [0.1, 0.15) is 47.1 Å². The molecule has 2 heteroatoms. The predicted molar refractivity (Wildman–Crippen MR) is 136 cm³/mol. The second-order valence-corrected chi connectivity index (χ2v) is 10.2. The van der Waals surface area contributed by atoms with Crippen LogP contribution in [0.3, 0.4) is 0 Å². The molecule has 2 heterocycles. The Morgan fingerprint density at radius 1 is 0.844 bits per heavy atom. The first-order valence-electron chi connectivity index (χ1n) is 12.7. The first-order chi connectivity index (χ1) is 15.7. The molecule has 3 aromatic carbocycles. The summed E-state index contributed by atoms with van der Waals surface area (Å²) in [6.07, 6.45) is 6.50. The fraction of sp³-hybridized carbons (Fsp3) is 0.467. The van der Waals surface area contributed by atoms with Gasteiger partial charge in [-0.1, -0.05) is 61.0 Å². The molecule has 0 bridgehead atoms. The average molecular weight is 427 g/mol. The zero-order chi connectivity index (χ0) is 21.9. The topological polar surface area (TPSA) is 6.48 Å². The summed E-state index contributed by atoms with van der Waals surface area (Å²) in [7, 11) is 0. The van der Waals surface area contributed by atoms with Crippen LogP contribution in [-0.4, -0.2) is 42.5 Å². The summed E-state index contributed by atoms with van der Waals surface area (Å²) in [5.74, 6) is 0.804. The van der Waals surface area contributed by atoms with Gasteiger partial charge in [0, 0.05) is 32.7 Å². The highest BCUT2D eigenvalue weighted by molar-refractivity contribution is 5.85. The van der Waals surface area contributed by atoms with Crippen LogP contribution in [0.5, 0.6) is 0 Å². The van der Waals surface area contributed by atoms with Crippen LogP contribution in [0.2, 0.25) is 0 Å². The van der Waals surface area contributed by atoms with Crippen molar-refractivity contribution in [3.63, 3.8) is 0 Å². The first kappa shape index (κ1) is 21.7. The minimum absolute atomic E-state index is 0.804. The van der Waals surface area contributed by atoms with Gasteiger partial charge in [0.05, 0.1) is 0 Å². The molecule has 1 atom stereocenters. The summed E-state index contributed by atoms with van der Waals surface area (Å²) >= 11 is 0. The number of hydrogen-bond acceptors (Lipinski definition) is 2. The van der Waals surface area contributed by atoms with E-state index in [4.69, 9.17) is 0 Å². The molecule has 1 saturated heterocycles. The zero-order valence-corrected chi connectivity index (χ0v) is 19.9. The van der Waals surface area contributed by atoms with E-state index in [1.165, 1.54) is 85.9 Å². The lowest BCUT2D eigenvalue weighted by molar-refractivity contribution is 0.174. The van der Waals surface area contributed by atoms with Crippen molar-refractivity contribution >= 4 is 10.8 Å². The quantitative estimate of drug-likeness (QED) is 0.482. The van der Waals surface area contributed by atoms with Crippen molar-refractivity contribution in [1.82, 2.24) is 9.80 Å². The summed E-state index contributed by atoms with van der Waals surface area (Å²) in [6.45, 7) is 11.9. The normalized spacial score (nSPS) is 20.2. The van der Waals surface area contributed by atoms with Crippen LogP contribution in [0.4, 0.5) is 0 Å². The van der Waals surface area contributed by atoms with E-state index in [1.54, 1.807) is 11.1 Å². The molecule has 3 aromatic rings. The second-order valence-electron chi connectivity index (χ2n) is 10.2. The van der Waals surface area contributed by atoms with Crippen LogP contribution < -0.4 is 0 Å². The van der Waals surface area contributed by atoms with Crippen LogP contribution in [-0.2, 0) is 19.4 Å². The van der Waals surface area contributed by atoms with Gasteiger partial charge in [0.15, 0.2) is 0 Å². The fourth-order valence-corrected chi connectivity index (χ4v) is 5.89. The maximum absolute atomic E-state index is 2.75. The van der Waals surface area contributed by atoms with Gasteiger partial charge in [-0.2, -0.15) is 0 Å². The molecule has 0 saturated carbocycles. The van der Waals surface area contributed by atoms with Gasteiger partial charge < -0.3 is 4.90 Å². The molecule has 1 fully saturated rings. The van der Waals surface area contributed by atoms with E-state index in [0.29, 0.717) is 0 Å². The third kappa shape index (κ3) is 4.92. The smallest absolute Gasteiger partial charge is 0.0236 e. The van der Waals surface area contributed by atoms with E-state index in [-0.39, 0.29) is 0 Å². The molecule has 0 radical (unpaired) electrons. The standard InChI is InChI=1S/C30H38N2/c1-23-18-28-14-17-32(22-29(28)19-24(23)2)21-25-8-5-6-15-31(20-25)16-13-27-11-7-10-26-9-3-4-12-30(26)27/h3-4,7,9-12,18-19,25H,5-6,8,13-17,20-22H2,1-2H3. The van der Waals surface area contributed by atoms with Crippen molar-refractivity contribution < 1.29 is 0 Å². The van der Waals surface area contributed by atoms with Crippen LogP contribution in [0.25, 0.3) is 10.8 Å². The van der Waals surface area contributed by atoms with Gasteiger partial charge in [-0.3, -0.25) is 4.90 Å². The maximum atomic E-state index is 2.75. The van der Waals surface area contributed by atoms with Crippen LogP contribution >= 0.6 is 0 Å². The number of likely N-dealkylation sites (tertiary alicyclic amines) is 1. The number of rotatable bonds is 5. The number of aryl methyl sites for hydroxylation is 2. The molecule has 32 heavy (non-hydrogen) atoms. The molecule has 0 aromatic heterocycles.